The van der Waals surface area contributed by atoms with Crippen LogP contribution in [0.1, 0.15) is 361 Å². The molecule has 0 heterocycles. The second-order valence-corrected chi connectivity index (χ2v) is 22.8. The average Bonchev–Trinajstić information content (AvgIpc) is 3.40. The molecule has 0 saturated carbocycles. The number of esters is 1. The van der Waals surface area contributed by atoms with Crippen molar-refractivity contribution >= 4 is 11.9 Å². The lowest BCUT2D eigenvalue weighted by atomic mass is 10.0. The number of aliphatic hydroxyl groups excluding tert-OH is 2. The Bertz CT molecular complexity index is 1200. The maximum Gasteiger partial charge on any atom is 0.305 e. The summed E-state index contributed by atoms with van der Waals surface area (Å²) in [6.07, 6.45) is 80.8. The number of ether oxygens (including phenoxy) is 1. The number of carbonyl (C=O) groups is 2. The van der Waals surface area contributed by atoms with Crippen LogP contribution in [-0.4, -0.2) is 47.4 Å². The quantitative estimate of drug-likeness (QED) is 0.0320. The van der Waals surface area contributed by atoms with E-state index < -0.39 is 12.1 Å². The van der Waals surface area contributed by atoms with Crippen LogP contribution in [0.15, 0.2) is 36.5 Å². The lowest BCUT2D eigenvalue weighted by Crippen LogP contribution is -2.45. The monoisotopic (exact) mass is 1040 g/mol. The van der Waals surface area contributed by atoms with Crippen LogP contribution in [0.25, 0.3) is 0 Å². The summed E-state index contributed by atoms with van der Waals surface area (Å²) in [6, 6.07) is -0.624. The molecule has 0 spiro atoms. The minimum absolute atomic E-state index is 0.00939. The molecule has 2 unspecified atom stereocenters. The zero-order chi connectivity index (χ0) is 53.6. The summed E-state index contributed by atoms with van der Waals surface area (Å²) in [4.78, 5) is 24.5. The fraction of sp³-hybridized carbons (Fsp3) is 0.882. The molecular formula is C68H129NO5. The fourth-order valence-electron chi connectivity index (χ4n) is 10.3. The first kappa shape index (κ1) is 72.1. The Morgan fingerprint density at radius 2 is 0.635 bits per heavy atom. The summed E-state index contributed by atoms with van der Waals surface area (Å²) in [6.45, 7) is 4.90. The first-order chi connectivity index (χ1) is 36.5. The normalized spacial score (nSPS) is 12.8. The van der Waals surface area contributed by atoms with E-state index in [2.05, 4.69) is 43.5 Å². The number of hydrogen-bond donors (Lipinski definition) is 3. The molecule has 0 aliphatic rings. The summed E-state index contributed by atoms with van der Waals surface area (Å²) >= 11 is 0. The molecule has 0 radical (unpaired) electrons. The number of carbonyl (C=O) groups excluding carboxylic acids is 2. The fourth-order valence-corrected chi connectivity index (χ4v) is 10.3. The van der Waals surface area contributed by atoms with Crippen molar-refractivity contribution in [2.24, 2.45) is 0 Å². The van der Waals surface area contributed by atoms with Crippen molar-refractivity contribution in [1.82, 2.24) is 5.32 Å². The summed E-state index contributed by atoms with van der Waals surface area (Å²) in [5.74, 6) is -0.0563. The van der Waals surface area contributed by atoms with Crippen molar-refractivity contribution in [2.45, 2.75) is 373 Å². The van der Waals surface area contributed by atoms with Crippen molar-refractivity contribution < 1.29 is 24.5 Å². The van der Waals surface area contributed by atoms with Gasteiger partial charge in [-0.05, 0) is 83.5 Å². The first-order valence-electron chi connectivity index (χ1n) is 33.3. The number of allylic oxidation sites excluding steroid dienone is 5. The van der Waals surface area contributed by atoms with E-state index in [0.717, 1.165) is 44.9 Å². The smallest absolute Gasteiger partial charge is 0.305 e. The highest BCUT2D eigenvalue weighted by molar-refractivity contribution is 5.76. The highest BCUT2D eigenvalue weighted by Gasteiger charge is 2.18. The zero-order valence-electron chi connectivity index (χ0n) is 49.8. The van der Waals surface area contributed by atoms with Gasteiger partial charge < -0.3 is 20.3 Å². The van der Waals surface area contributed by atoms with Crippen LogP contribution in [0.3, 0.4) is 0 Å². The summed E-state index contributed by atoms with van der Waals surface area (Å²) in [5, 5.41) is 23.0. The maximum atomic E-state index is 12.4. The number of unbranched alkanes of at least 4 members (excludes halogenated alkanes) is 47. The summed E-state index contributed by atoms with van der Waals surface area (Å²) in [5.41, 5.74) is 0. The molecule has 3 N–H and O–H groups in total. The minimum Gasteiger partial charge on any atom is -0.466 e. The van der Waals surface area contributed by atoms with Gasteiger partial charge >= 0.3 is 5.97 Å². The van der Waals surface area contributed by atoms with Gasteiger partial charge in [-0.15, -0.1) is 0 Å². The van der Waals surface area contributed by atoms with Gasteiger partial charge in [0.05, 0.1) is 25.4 Å². The third-order valence-corrected chi connectivity index (χ3v) is 15.4. The highest BCUT2D eigenvalue weighted by atomic mass is 16.5. The van der Waals surface area contributed by atoms with Crippen LogP contribution < -0.4 is 5.32 Å². The first-order valence-corrected chi connectivity index (χ1v) is 33.3. The molecule has 1 amide bonds. The molecule has 0 aromatic carbocycles. The molecule has 0 fully saturated rings. The Hall–Kier alpha value is -1.92. The van der Waals surface area contributed by atoms with E-state index >= 15 is 0 Å². The van der Waals surface area contributed by atoms with Crippen LogP contribution in [-0.2, 0) is 14.3 Å². The molecule has 436 valence electrons. The molecule has 2 atom stereocenters. The van der Waals surface area contributed by atoms with Gasteiger partial charge in [-0.1, -0.05) is 301 Å². The summed E-state index contributed by atoms with van der Waals surface area (Å²) in [7, 11) is 0. The van der Waals surface area contributed by atoms with E-state index in [1.165, 1.54) is 289 Å². The average molecular weight is 1040 g/mol. The topological polar surface area (TPSA) is 95.9 Å². The van der Waals surface area contributed by atoms with Crippen LogP contribution in [0.5, 0.6) is 0 Å². The van der Waals surface area contributed by atoms with E-state index in [-0.39, 0.29) is 18.5 Å². The van der Waals surface area contributed by atoms with Gasteiger partial charge in [-0.2, -0.15) is 0 Å². The van der Waals surface area contributed by atoms with E-state index in [9.17, 15) is 19.8 Å². The van der Waals surface area contributed by atoms with Gasteiger partial charge in [0.15, 0.2) is 0 Å². The number of amides is 1. The SMILES string of the molecule is CCCCCCC/C=C\CCCCCCCC(=O)OCCCCCCCCCCCCCC/C=C\CCCCCCCCCCCCCCCCCCC(=O)NC(CO)C(O)/C=C/CCCCCCCCCCC. The number of aliphatic hydroxyl groups is 2. The van der Waals surface area contributed by atoms with E-state index in [0.29, 0.717) is 19.4 Å². The molecule has 0 aromatic rings. The van der Waals surface area contributed by atoms with E-state index in [1.54, 1.807) is 6.08 Å². The second kappa shape index (κ2) is 63.6. The maximum absolute atomic E-state index is 12.4. The Kier molecular flexibility index (Phi) is 62.0. The van der Waals surface area contributed by atoms with Gasteiger partial charge in [-0.25, -0.2) is 0 Å². The lowest BCUT2D eigenvalue weighted by molar-refractivity contribution is -0.143. The highest BCUT2D eigenvalue weighted by Crippen LogP contribution is 2.18. The van der Waals surface area contributed by atoms with Gasteiger partial charge in [0.2, 0.25) is 5.91 Å². The van der Waals surface area contributed by atoms with Gasteiger partial charge in [0.25, 0.3) is 0 Å². The number of nitrogens with one attached hydrogen (secondary N) is 1. The Labute approximate surface area is 462 Å². The summed E-state index contributed by atoms with van der Waals surface area (Å²) < 4.78 is 5.48. The molecule has 0 saturated heterocycles. The van der Waals surface area contributed by atoms with Crippen molar-refractivity contribution in [3.05, 3.63) is 36.5 Å². The van der Waals surface area contributed by atoms with Crippen molar-refractivity contribution in [1.29, 1.82) is 0 Å². The lowest BCUT2D eigenvalue weighted by Gasteiger charge is -2.20. The number of hydrogen-bond acceptors (Lipinski definition) is 5. The van der Waals surface area contributed by atoms with Gasteiger partial charge in [0.1, 0.15) is 0 Å². The van der Waals surface area contributed by atoms with E-state index in [4.69, 9.17) is 4.74 Å². The molecule has 0 aromatic heterocycles. The zero-order valence-corrected chi connectivity index (χ0v) is 49.8. The Morgan fingerprint density at radius 3 is 0.959 bits per heavy atom. The van der Waals surface area contributed by atoms with E-state index in [1.807, 2.05) is 6.08 Å². The molecule has 74 heavy (non-hydrogen) atoms. The molecule has 0 aliphatic heterocycles. The third kappa shape index (κ3) is 59.3. The van der Waals surface area contributed by atoms with Crippen LogP contribution in [0.2, 0.25) is 0 Å². The molecule has 0 bridgehead atoms. The van der Waals surface area contributed by atoms with Gasteiger partial charge in [0, 0.05) is 12.8 Å². The molecule has 6 nitrogen and oxygen atoms in total. The largest absolute Gasteiger partial charge is 0.466 e. The predicted molar refractivity (Wildman–Crippen MR) is 324 cm³/mol. The minimum atomic E-state index is -0.841. The van der Waals surface area contributed by atoms with Crippen LogP contribution in [0.4, 0.5) is 0 Å². The standard InChI is InChI=1S/C68H129NO5/c1-3-5-7-9-11-13-15-16-38-42-46-50-54-58-62-68(73)74-63-59-55-51-47-43-39-36-34-32-30-28-26-24-22-20-18-17-19-21-23-25-27-29-31-33-35-37-41-45-49-53-57-61-67(72)69-65(64-70)66(71)60-56-52-48-44-40-14-12-10-8-6-4-2/h15-16,20,22,56,60,65-66,70-71H,3-14,17-19,21,23-55,57-59,61-64H2,1-2H3,(H,69,72)/b16-15-,22-20-,60-56+. The van der Waals surface area contributed by atoms with Crippen molar-refractivity contribution in [3.63, 3.8) is 0 Å². The Morgan fingerprint density at radius 1 is 0.365 bits per heavy atom. The molecule has 0 rings (SSSR count). The van der Waals surface area contributed by atoms with Crippen LogP contribution >= 0.6 is 0 Å². The number of rotatable bonds is 62. The van der Waals surface area contributed by atoms with Crippen molar-refractivity contribution in [2.75, 3.05) is 13.2 Å². The molecular weight excluding hydrogens is 911 g/mol. The second-order valence-electron chi connectivity index (χ2n) is 22.8. The predicted octanol–water partition coefficient (Wildman–Crippen LogP) is 21.1. The third-order valence-electron chi connectivity index (χ3n) is 15.4. The Balaban J connectivity index is 3.35. The van der Waals surface area contributed by atoms with Crippen molar-refractivity contribution in [3.8, 4) is 0 Å². The van der Waals surface area contributed by atoms with Crippen LogP contribution in [0, 0.1) is 0 Å². The van der Waals surface area contributed by atoms with Gasteiger partial charge in [-0.3, -0.25) is 9.59 Å². The molecule has 6 heteroatoms. The molecule has 0 aliphatic carbocycles.